The highest BCUT2D eigenvalue weighted by Crippen LogP contribution is 2.35. The van der Waals surface area contributed by atoms with Gasteiger partial charge in [-0.25, -0.2) is 0 Å². The van der Waals surface area contributed by atoms with E-state index in [9.17, 15) is 5.11 Å². The Bertz CT molecular complexity index is 408. The highest BCUT2D eigenvalue weighted by Gasteiger charge is 2.20. The molecule has 1 heterocycles. The molecule has 0 amide bonds. The molecule has 106 valence electrons. The number of aliphatic hydroxyl groups excluding tert-OH is 1. The highest BCUT2D eigenvalue weighted by atomic mass is 32.2. The lowest BCUT2D eigenvalue weighted by Crippen LogP contribution is -2.24. The van der Waals surface area contributed by atoms with E-state index in [4.69, 9.17) is 15.2 Å². The van der Waals surface area contributed by atoms with Crippen molar-refractivity contribution in [3.8, 4) is 11.5 Å². The van der Waals surface area contributed by atoms with E-state index < -0.39 is 6.04 Å². The van der Waals surface area contributed by atoms with Crippen molar-refractivity contribution in [2.75, 3.05) is 25.2 Å². The molecule has 2 unspecified atom stereocenters. The van der Waals surface area contributed by atoms with Crippen LogP contribution in [0.2, 0.25) is 0 Å². The lowest BCUT2D eigenvalue weighted by atomic mass is 10.1. The van der Waals surface area contributed by atoms with Gasteiger partial charge in [-0.1, -0.05) is 12.1 Å². The highest BCUT2D eigenvalue weighted by molar-refractivity contribution is 7.99. The maximum atomic E-state index is 9.20. The zero-order valence-electron chi connectivity index (χ0n) is 11.2. The van der Waals surface area contributed by atoms with Crippen molar-refractivity contribution in [3.05, 3.63) is 23.8 Å². The van der Waals surface area contributed by atoms with Crippen molar-refractivity contribution in [1.82, 2.24) is 0 Å². The van der Waals surface area contributed by atoms with Gasteiger partial charge in [0.2, 0.25) is 0 Å². The Morgan fingerprint density at radius 1 is 1.53 bits per heavy atom. The van der Waals surface area contributed by atoms with Gasteiger partial charge in [0.1, 0.15) is 6.10 Å². The first-order valence-electron chi connectivity index (χ1n) is 6.54. The van der Waals surface area contributed by atoms with Gasteiger partial charge >= 0.3 is 0 Å². The molecule has 4 nitrogen and oxygen atoms in total. The summed E-state index contributed by atoms with van der Waals surface area (Å²) in [4.78, 5) is 0. The van der Waals surface area contributed by atoms with Gasteiger partial charge in [0.25, 0.3) is 0 Å². The van der Waals surface area contributed by atoms with Crippen LogP contribution >= 0.6 is 11.8 Å². The van der Waals surface area contributed by atoms with Crippen molar-refractivity contribution >= 4 is 11.8 Å². The standard InChI is InChI=1S/C14H21NO3S/c1-17-14-11(12(15)8-16)5-2-6-13(14)18-10-4-3-7-19-9-10/h2,5-6,10,12,16H,3-4,7-9,15H2,1H3. The molecule has 19 heavy (non-hydrogen) atoms. The molecule has 1 aliphatic rings. The van der Waals surface area contributed by atoms with Crippen LogP contribution in [-0.4, -0.2) is 36.4 Å². The number of benzene rings is 1. The number of para-hydroxylation sites is 1. The quantitative estimate of drug-likeness (QED) is 0.865. The van der Waals surface area contributed by atoms with Crippen LogP contribution in [0.15, 0.2) is 18.2 Å². The molecule has 0 saturated carbocycles. The first-order chi connectivity index (χ1) is 9.26. The first-order valence-corrected chi connectivity index (χ1v) is 7.69. The van der Waals surface area contributed by atoms with Crippen LogP contribution in [0, 0.1) is 0 Å². The fourth-order valence-corrected chi connectivity index (χ4v) is 3.25. The Morgan fingerprint density at radius 3 is 3.00 bits per heavy atom. The molecule has 0 spiro atoms. The van der Waals surface area contributed by atoms with E-state index >= 15 is 0 Å². The van der Waals surface area contributed by atoms with Crippen molar-refractivity contribution in [2.24, 2.45) is 5.73 Å². The summed E-state index contributed by atoms with van der Waals surface area (Å²) in [7, 11) is 1.60. The van der Waals surface area contributed by atoms with Gasteiger partial charge in [-0.05, 0) is 24.7 Å². The summed E-state index contributed by atoms with van der Waals surface area (Å²) in [6.07, 6.45) is 2.49. The van der Waals surface area contributed by atoms with Gasteiger partial charge in [-0.2, -0.15) is 11.8 Å². The van der Waals surface area contributed by atoms with Gasteiger partial charge in [0.15, 0.2) is 11.5 Å². The number of ether oxygens (including phenoxy) is 2. The van der Waals surface area contributed by atoms with Crippen molar-refractivity contribution < 1.29 is 14.6 Å². The van der Waals surface area contributed by atoms with E-state index in [2.05, 4.69) is 0 Å². The second-order valence-corrected chi connectivity index (χ2v) is 5.77. The molecule has 0 aromatic heterocycles. The Labute approximate surface area is 118 Å². The number of aliphatic hydroxyl groups is 1. The van der Waals surface area contributed by atoms with Gasteiger partial charge < -0.3 is 20.3 Å². The predicted octanol–water partition coefficient (Wildman–Crippen LogP) is 1.96. The predicted molar refractivity (Wildman–Crippen MR) is 78.0 cm³/mol. The lowest BCUT2D eigenvalue weighted by Gasteiger charge is -2.25. The zero-order chi connectivity index (χ0) is 13.7. The summed E-state index contributed by atoms with van der Waals surface area (Å²) in [6.45, 7) is -0.112. The van der Waals surface area contributed by atoms with Crippen molar-refractivity contribution in [2.45, 2.75) is 25.0 Å². The lowest BCUT2D eigenvalue weighted by molar-refractivity contribution is 0.200. The summed E-state index contributed by atoms with van der Waals surface area (Å²) < 4.78 is 11.4. The third kappa shape index (κ3) is 3.55. The van der Waals surface area contributed by atoms with Crippen LogP contribution in [0.25, 0.3) is 0 Å². The number of methoxy groups -OCH3 is 1. The minimum atomic E-state index is -0.445. The average molecular weight is 283 g/mol. The van der Waals surface area contributed by atoms with Crippen molar-refractivity contribution in [3.63, 3.8) is 0 Å². The fraction of sp³-hybridized carbons (Fsp3) is 0.571. The number of hydrogen-bond acceptors (Lipinski definition) is 5. The van der Waals surface area contributed by atoms with E-state index in [-0.39, 0.29) is 12.7 Å². The van der Waals surface area contributed by atoms with E-state index in [1.807, 2.05) is 30.0 Å². The summed E-state index contributed by atoms with van der Waals surface area (Å²) in [5, 5.41) is 9.20. The second kappa shape index (κ2) is 7.03. The van der Waals surface area contributed by atoms with Crippen LogP contribution in [0.4, 0.5) is 0 Å². The topological polar surface area (TPSA) is 64.7 Å². The summed E-state index contributed by atoms with van der Waals surface area (Å²) in [5.41, 5.74) is 6.67. The van der Waals surface area contributed by atoms with Crippen LogP contribution in [0.5, 0.6) is 11.5 Å². The molecule has 1 aromatic rings. The molecular formula is C14H21NO3S. The molecule has 3 N–H and O–H groups in total. The number of rotatable bonds is 5. The van der Waals surface area contributed by atoms with Gasteiger partial charge in [0, 0.05) is 11.3 Å². The third-order valence-electron chi connectivity index (χ3n) is 3.22. The maximum absolute atomic E-state index is 9.20. The molecule has 1 aromatic carbocycles. The van der Waals surface area contributed by atoms with Crippen molar-refractivity contribution in [1.29, 1.82) is 0 Å². The Kier molecular flexibility index (Phi) is 5.36. The number of thioether (sulfide) groups is 1. The molecule has 0 bridgehead atoms. The van der Waals surface area contributed by atoms with E-state index in [1.54, 1.807) is 7.11 Å². The molecule has 1 fully saturated rings. The van der Waals surface area contributed by atoms with E-state index in [0.717, 1.165) is 23.5 Å². The average Bonchev–Trinajstić information content (AvgIpc) is 2.47. The smallest absolute Gasteiger partial charge is 0.165 e. The third-order valence-corrected chi connectivity index (χ3v) is 4.41. The normalized spacial score (nSPS) is 20.9. The van der Waals surface area contributed by atoms with Crippen LogP contribution < -0.4 is 15.2 Å². The van der Waals surface area contributed by atoms with Gasteiger partial charge in [-0.15, -0.1) is 0 Å². The molecule has 2 rings (SSSR count). The minimum Gasteiger partial charge on any atom is -0.493 e. The minimum absolute atomic E-state index is 0.112. The monoisotopic (exact) mass is 283 g/mol. The van der Waals surface area contributed by atoms with E-state index in [1.165, 1.54) is 12.2 Å². The number of nitrogens with two attached hydrogens (primary N) is 1. The second-order valence-electron chi connectivity index (χ2n) is 4.62. The summed E-state index contributed by atoms with van der Waals surface area (Å²) >= 11 is 1.92. The van der Waals surface area contributed by atoms with Crippen LogP contribution in [-0.2, 0) is 0 Å². The van der Waals surface area contributed by atoms with Crippen LogP contribution in [0.1, 0.15) is 24.4 Å². The Hall–Kier alpha value is -0.910. The zero-order valence-corrected chi connectivity index (χ0v) is 12.0. The largest absolute Gasteiger partial charge is 0.493 e. The molecule has 1 aliphatic heterocycles. The maximum Gasteiger partial charge on any atom is 0.165 e. The number of hydrogen-bond donors (Lipinski definition) is 2. The summed E-state index contributed by atoms with van der Waals surface area (Å²) in [5.74, 6) is 3.59. The molecule has 0 aliphatic carbocycles. The molecule has 5 heteroatoms. The van der Waals surface area contributed by atoms with E-state index in [0.29, 0.717) is 5.75 Å². The SMILES string of the molecule is COc1c(OC2CCCSC2)cccc1C(N)CO. The fourth-order valence-electron chi connectivity index (χ4n) is 2.22. The Morgan fingerprint density at radius 2 is 2.37 bits per heavy atom. The molecule has 0 radical (unpaired) electrons. The Balaban J connectivity index is 2.19. The molecular weight excluding hydrogens is 262 g/mol. The first kappa shape index (κ1) is 14.5. The van der Waals surface area contributed by atoms with Crippen LogP contribution in [0.3, 0.4) is 0 Å². The van der Waals surface area contributed by atoms with Gasteiger partial charge in [-0.3, -0.25) is 0 Å². The molecule has 1 saturated heterocycles. The van der Waals surface area contributed by atoms with Gasteiger partial charge in [0.05, 0.1) is 19.8 Å². The molecule has 2 atom stereocenters. The summed E-state index contributed by atoms with van der Waals surface area (Å²) in [6, 6.07) is 5.20.